The lowest BCUT2D eigenvalue weighted by molar-refractivity contribution is -0.126. The molecule has 9 nitrogen and oxygen atoms in total. The van der Waals surface area contributed by atoms with Crippen molar-refractivity contribution in [2.75, 3.05) is 35.2 Å². The highest BCUT2D eigenvalue weighted by Crippen LogP contribution is 2.24. The fourth-order valence-electron chi connectivity index (χ4n) is 3.43. The summed E-state index contributed by atoms with van der Waals surface area (Å²) in [6, 6.07) is 16.9. The minimum absolute atomic E-state index is 0.0284. The molecule has 1 unspecified atom stereocenters. The number of rotatable bonds is 8. The minimum Gasteiger partial charge on any atom is -0.367 e. The van der Waals surface area contributed by atoms with Gasteiger partial charge in [-0.3, -0.25) is 9.59 Å². The molecule has 1 saturated heterocycles. The van der Waals surface area contributed by atoms with Gasteiger partial charge in [-0.15, -0.1) is 10.2 Å². The van der Waals surface area contributed by atoms with Crippen LogP contribution in [0.5, 0.6) is 0 Å². The summed E-state index contributed by atoms with van der Waals surface area (Å²) < 4.78 is 0. The molecule has 4 rings (SSSR count). The maximum atomic E-state index is 12.5. The maximum Gasteiger partial charge on any atom is 0.227 e. The molecule has 0 spiro atoms. The fraction of sp³-hybridized carbons (Fsp3) is 0.261. The first-order chi connectivity index (χ1) is 15.6. The first-order valence-electron chi connectivity index (χ1n) is 10.5. The van der Waals surface area contributed by atoms with Crippen molar-refractivity contribution in [1.82, 2.24) is 20.5 Å². The van der Waals surface area contributed by atoms with Crippen LogP contribution in [0, 0.1) is 12.8 Å². The number of benzene rings is 1. The molecule has 1 aliphatic rings. The van der Waals surface area contributed by atoms with Crippen LogP contribution in [0.15, 0.2) is 60.8 Å². The van der Waals surface area contributed by atoms with Gasteiger partial charge in [0.15, 0.2) is 5.82 Å². The highest BCUT2D eigenvalue weighted by molar-refractivity contribution is 6.00. The van der Waals surface area contributed by atoms with Crippen LogP contribution < -0.4 is 20.9 Å². The first kappa shape index (κ1) is 21.2. The highest BCUT2D eigenvalue weighted by Gasteiger charge is 2.34. The molecule has 3 heterocycles. The summed E-state index contributed by atoms with van der Waals surface area (Å²) in [5.74, 6) is 1.41. The van der Waals surface area contributed by atoms with Gasteiger partial charge in [0.05, 0.1) is 5.92 Å². The van der Waals surface area contributed by atoms with Crippen molar-refractivity contribution in [3.63, 3.8) is 0 Å². The lowest BCUT2D eigenvalue weighted by Crippen LogP contribution is -2.35. The van der Waals surface area contributed by atoms with Gasteiger partial charge in [0, 0.05) is 37.9 Å². The largest absolute Gasteiger partial charge is 0.367 e. The van der Waals surface area contributed by atoms with Gasteiger partial charge < -0.3 is 20.9 Å². The number of nitrogens with zero attached hydrogens (tertiary/aromatic N) is 4. The zero-order valence-electron chi connectivity index (χ0n) is 17.8. The van der Waals surface area contributed by atoms with Gasteiger partial charge in [0.2, 0.25) is 11.8 Å². The second kappa shape index (κ2) is 9.86. The number of amides is 2. The zero-order chi connectivity index (χ0) is 22.3. The lowest BCUT2D eigenvalue weighted by Gasteiger charge is -2.16. The average Bonchev–Trinajstić information content (AvgIpc) is 3.21. The molecule has 1 fully saturated rings. The van der Waals surface area contributed by atoms with Crippen LogP contribution >= 0.6 is 0 Å². The third kappa shape index (κ3) is 5.37. The quantitative estimate of drug-likeness (QED) is 0.470. The molecule has 32 heavy (non-hydrogen) atoms. The van der Waals surface area contributed by atoms with E-state index < -0.39 is 0 Å². The Morgan fingerprint density at radius 2 is 1.75 bits per heavy atom. The second-order valence-electron chi connectivity index (χ2n) is 7.61. The molecule has 0 radical (unpaired) electrons. The number of carbonyl (C=O) groups is 2. The predicted molar refractivity (Wildman–Crippen MR) is 123 cm³/mol. The van der Waals surface area contributed by atoms with Crippen molar-refractivity contribution in [1.29, 1.82) is 0 Å². The highest BCUT2D eigenvalue weighted by atomic mass is 16.2. The molecular weight excluding hydrogens is 406 g/mol. The Balaban J connectivity index is 1.19. The fourth-order valence-corrected chi connectivity index (χ4v) is 3.43. The van der Waals surface area contributed by atoms with Crippen LogP contribution in [-0.4, -0.2) is 46.6 Å². The third-order valence-corrected chi connectivity index (χ3v) is 5.13. The Morgan fingerprint density at radius 1 is 1.00 bits per heavy atom. The van der Waals surface area contributed by atoms with Crippen LogP contribution in [0.1, 0.15) is 12.0 Å². The number of aryl methyl sites for hydroxylation is 1. The summed E-state index contributed by atoms with van der Waals surface area (Å²) in [5.41, 5.74) is 1.91. The van der Waals surface area contributed by atoms with E-state index in [4.69, 9.17) is 0 Å². The van der Waals surface area contributed by atoms with Crippen LogP contribution in [0.25, 0.3) is 0 Å². The number of carbonyl (C=O) groups excluding carboxylic acids is 2. The van der Waals surface area contributed by atoms with E-state index >= 15 is 0 Å². The Morgan fingerprint density at radius 3 is 2.47 bits per heavy atom. The van der Waals surface area contributed by atoms with Crippen molar-refractivity contribution in [2.45, 2.75) is 13.3 Å². The summed E-state index contributed by atoms with van der Waals surface area (Å²) in [7, 11) is 0. The predicted octanol–water partition coefficient (Wildman–Crippen LogP) is 2.50. The van der Waals surface area contributed by atoms with E-state index in [2.05, 4.69) is 31.1 Å². The van der Waals surface area contributed by atoms with E-state index in [9.17, 15) is 9.59 Å². The van der Waals surface area contributed by atoms with Gasteiger partial charge in [-0.2, -0.15) is 0 Å². The van der Waals surface area contributed by atoms with E-state index in [0.29, 0.717) is 37.1 Å². The number of anilines is 4. The number of hydrogen-bond donors (Lipinski definition) is 3. The molecule has 9 heteroatoms. The molecule has 0 bridgehead atoms. The van der Waals surface area contributed by atoms with Crippen molar-refractivity contribution in [3.8, 4) is 0 Å². The number of para-hydroxylation sites is 1. The maximum absolute atomic E-state index is 12.5. The van der Waals surface area contributed by atoms with Crippen molar-refractivity contribution in [3.05, 3.63) is 66.4 Å². The summed E-state index contributed by atoms with van der Waals surface area (Å²) in [5, 5.41) is 17.3. The molecule has 1 atom stereocenters. The molecule has 3 aromatic rings. The molecule has 0 saturated carbocycles. The number of hydrogen-bond acceptors (Lipinski definition) is 7. The number of nitrogens with one attached hydrogen (secondary N) is 3. The van der Waals surface area contributed by atoms with Gasteiger partial charge in [-0.05, 0) is 42.8 Å². The van der Waals surface area contributed by atoms with E-state index in [0.717, 1.165) is 11.3 Å². The lowest BCUT2D eigenvalue weighted by atomic mass is 10.1. The summed E-state index contributed by atoms with van der Waals surface area (Å²) in [6.07, 6.45) is 2.00. The smallest absolute Gasteiger partial charge is 0.227 e. The van der Waals surface area contributed by atoms with E-state index in [-0.39, 0.29) is 24.2 Å². The van der Waals surface area contributed by atoms with Gasteiger partial charge in [0.25, 0.3) is 0 Å². The summed E-state index contributed by atoms with van der Waals surface area (Å²) in [4.78, 5) is 30.7. The van der Waals surface area contributed by atoms with Crippen LogP contribution in [0.4, 0.5) is 23.1 Å². The normalized spacial score (nSPS) is 15.5. The standard InChI is InChI=1S/C23H25N7O2/c1-16-7-8-19(26-14-16)27-21-10-9-20(28-29-21)24-11-12-25-23(32)17-13-22(31)30(15-17)18-5-3-2-4-6-18/h2-10,14,17H,11-13,15H2,1H3,(H,24,28)(H,25,32)(H,26,27,29). The minimum atomic E-state index is -0.344. The van der Waals surface area contributed by atoms with Crippen molar-refractivity contribution < 1.29 is 9.59 Å². The zero-order valence-corrected chi connectivity index (χ0v) is 17.8. The van der Waals surface area contributed by atoms with E-state index in [1.807, 2.05) is 49.4 Å². The molecular formula is C23H25N7O2. The topological polar surface area (TPSA) is 112 Å². The average molecular weight is 432 g/mol. The Bertz CT molecular complexity index is 1060. The van der Waals surface area contributed by atoms with Crippen molar-refractivity contribution in [2.24, 2.45) is 5.92 Å². The number of aromatic nitrogens is 3. The Labute approximate surface area is 186 Å². The molecule has 0 aliphatic carbocycles. The van der Waals surface area contributed by atoms with Crippen molar-refractivity contribution >= 4 is 35.0 Å². The molecule has 1 aromatic carbocycles. The van der Waals surface area contributed by atoms with Crippen LogP contribution in [-0.2, 0) is 9.59 Å². The van der Waals surface area contributed by atoms with E-state index in [1.54, 1.807) is 23.2 Å². The molecule has 2 aromatic heterocycles. The second-order valence-corrected chi connectivity index (χ2v) is 7.61. The molecule has 3 N–H and O–H groups in total. The van der Waals surface area contributed by atoms with Crippen LogP contribution in [0.3, 0.4) is 0 Å². The Kier molecular flexibility index (Phi) is 6.54. The molecule has 164 valence electrons. The summed E-state index contributed by atoms with van der Waals surface area (Å²) >= 11 is 0. The van der Waals surface area contributed by atoms with Gasteiger partial charge >= 0.3 is 0 Å². The SMILES string of the molecule is Cc1ccc(Nc2ccc(NCCNC(=O)C3CC(=O)N(c4ccccc4)C3)nn2)nc1. The third-order valence-electron chi connectivity index (χ3n) is 5.13. The molecule has 2 amide bonds. The van der Waals surface area contributed by atoms with Gasteiger partial charge in [-0.1, -0.05) is 24.3 Å². The number of pyridine rings is 1. The molecule has 1 aliphatic heterocycles. The summed E-state index contributed by atoms with van der Waals surface area (Å²) in [6.45, 7) is 3.30. The van der Waals surface area contributed by atoms with Gasteiger partial charge in [-0.25, -0.2) is 4.98 Å². The van der Waals surface area contributed by atoms with Gasteiger partial charge in [0.1, 0.15) is 11.6 Å². The van der Waals surface area contributed by atoms with E-state index in [1.165, 1.54) is 0 Å². The van der Waals surface area contributed by atoms with Crippen LogP contribution in [0.2, 0.25) is 0 Å². The first-order valence-corrected chi connectivity index (χ1v) is 10.5. The Hall–Kier alpha value is -4.01. The monoisotopic (exact) mass is 431 g/mol.